The van der Waals surface area contributed by atoms with Crippen LogP contribution in [0.4, 0.5) is 14.5 Å². The summed E-state index contributed by atoms with van der Waals surface area (Å²) in [5.74, 6) is -2.72. The highest BCUT2D eigenvalue weighted by Crippen LogP contribution is 2.30. The van der Waals surface area contributed by atoms with Crippen molar-refractivity contribution in [1.29, 1.82) is 0 Å². The van der Waals surface area contributed by atoms with Gasteiger partial charge in [-0.25, -0.2) is 8.78 Å². The van der Waals surface area contributed by atoms with Crippen LogP contribution >= 0.6 is 0 Å². The van der Waals surface area contributed by atoms with Crippen LogP contribution in [0.2, 0.25) is 0 Å². The van der Waals surface area contributed by atoms with E-state index in [1.165, 1.54) is 6.20 Å². The molecular formula is C19H15F2N3O4. The maximum absolute atomic E-state index is 13.4. The van der Waals surface area contributed by atoms with Crippen molar-refractivity contribution in [2.75, 3.05) is 18.5 Å². The summed E-state index contributed by atoms with van der Waals surface area (Å²) in [6, 6.07) is 9.05. The Kier molecular flexibility index (Phi) is 4.56. The zero-order chi connectivity index (χ0) is 19.7. The predicted octanol–water partition coefficient (Wildman–Crippen LogP) is 2.34. The van der Waals surface area contributed by atoms with E-state index in [4.69, 9.17) is 9.47 Å². The number of fused-ring (bicyclic) bond motifs is 2. The first-order valence-corrected chi connectivity index (χ1v) is 8.45. The molecule has 2 heterocycles. The summed E-state index contributed by atoms with van der Waals surface area (Å²) in [5.41, 5.74) is 0.459. The smallest absolute Gasteiger partial charge is 0.313 e. The molecule has 2 aromatic carbocycles. The van der Waals surface area contributed by atoms with E-state index in [1.54, 1.807) is 18.2 Å². The zero-order valence-corrected chi connectivity index (χ0v) is 14.4. The topological polar surface area (TPSA) is 92.4 Å². The van der Waals surface area contributed by atoms with Crippen LogP contribution < -0.4 is 20.1 Å². The Morgan fingerprint density at radius 2 is 1.86 bits per heavy atom. The molecular weight excluding hydrogens is 372 g/mol. The Balaban J connectivity index is 1.36. The van der Waals surface area contributed by atoms with Crippen LogP contribution in [0.3, 0.4) is 0 Å². The summed E-state index contributed by atoms with van der Waals surface area (Å²) in [7, 11) is 0. The fourth-order valence-electron chi connectivity index (χ4n) is 2.85. The van der Waals surface area contributed by atoms with Crippen molar-refractivity contribution in [1.82, 2.24) is 10.3 Å². The predicted molar refractivity (Wildman–Crippen MR) is 96.2 cm³/mol. The highest BCUT2D eigenvalue weighted by Gasteiger charge is 2.23. The van der Waals surface area contributed by atoms with Crippen molar-refractivity contribution < 1.29 is 27.8 Å². The SMILES string of the molecule is O=C(NCC1COc2ccccc2O1)C(=O)Nc1c[nH]c2cc(F)c(F)cc12. The molecule has 0 bridgehead atoms. The van der Waals surface area contributed by atoms with Gasteiger partial charge in [-0.05, 0) is 18.2 Å². The Morgan fingerprint density at radius 1 is 1.11 bits per heavy atom. The van der Waals surface area contributed by atoms with Crippen molar-refractivity contribution in [2.24, 2.45) is 0 Å². The number of aromatic nitrogens is 1. The third kappa shape index (κ3) is 3.46. The molecule has 1 aliphatic rings. The van der Waals surface area contributed by atoms with Crippen LogP contribution in [0.25, 0.3) is 10.9 Å². The minimum Gasteiger partial charge on any atom is -0.486 e. The average Bonchev–Trinajstić information content (AvgIpc) is 3.07. The minimum atomic E-state index is -1.05. The quantitative estimate of drug-likeness (QED) is 0.602. The molecule has 144 valence electrons. The molecule has 0 aliphatic carbocycles. The molecule has 1 unspecified atom stereocenters. The normalized spacial score (nSPS) is 15.3. The molecule has 4 rings (SSSR count). The van der Waals surface area contributed by atoms with Crippen molar-refractivity contribution in [3.63, 3.8) is 0 Å². The molecule has 7 nitrogen and oxygen atoms in total. The van der Waals surface area contributed by atoms with Gasteiger partial charge in [0.15, 0.2) is 23.1 Å². The van der Waals surface area contributed by atoms with Gasteiger partial charge in [0, 0.05) is 17.6 Å². The number of ether oxygens (including phenoxy) is 2. The molecule has 3 N–H and O–H groups in total. The number of hydrogen-bond acceptors (Lipinski definition) is 4. The third-order valence-corrected chi connectivity index (χ3v) is 4.23. The molecule has 9 heteroatoms. The van der Waals surface area contributed by atoms with Crippen LogP contribution in [-0.4, -0.2) is 36.1 Å². The molecule has 0 radical (unpaired) electrons. The maximum atomic E-state index is 13.4. The molecule has 3 aromatic rings. The summed E-state index contributed by atoms with van der Waals surface area (Å²) in [6.07, 6.45) is 0.904. The molecule has 1 aliphatic heterocycles. The number of benzene rings is 2. The summed E-state index contributed by atoms with van der Waals surface area (Å²) < 4.78 is 37.9. The van der Waals surface area contributed by atoms with Gasteiger partial charge in [0.25, 0.3) is 0 Å². The van der Waals surface area contributed by atoms with E-state index in [1.807, 2.05) is 6.07 Å². The first-order chi connectivity index (χ1) is 13.5. The highest BCUT2D eigenvalue weighted by atomic mass is 19.2. The minimum absolute atomic E-state index is 0.0638. The van der Waals surface area contributed by atoms with Gasteiger partial charge in [-0.1, -0.05) is 12.1 Å². The average molecular weight is 387 g/mol. The second-order valence-corrected chi connectivity index (χ2v) is 6.18. The second-order valence-electron chi connectivity index (χ2n) is 6.18. The maximum Gasteiger partial charge on any atom is 0.313 e. The van der Waals surface area contributed by atoms with Crippen LogP contribution in [0, 0.1) is 11.6 Å². The number of anilines is 1. The summed E-state index contributed by atoms with van der Waals surface area (Å²) in [6.45, 7) is 0.292. The Hall–Kier alpha value is -3.62. The number of aromatic amines is 1. The van der Waals surface area contributed by atoms with Gasteiger partial charge in [-0.2, -0.15) is 0 Å². The monoisotopic (exact) mass is 387 g/mol. The van der Waals surface area contributed by atoms with Crippen LogP contribution in [-0.2, 0) is 9.59 Å². The summed E-state index contributed by atoms with van der Waals surface area (Å²) >= 11 is 0. The van der Waals surface area contributed by atoms with E-state index < -0.39 is 29.6 Å². The molecule has 1 aromatic heterocycles. The molecule has 0 fully saturated rings. The number of rotatable bonds is 3. The van der Waals surface area contributed by atoms with Crippen molar-refractivity contribution in [3.05, 3.63) is 54.2 Å². The van der Waals surface area contributed by atoms with E-state index in [-0.39, 0.29) is 24.2 Å². The standard InChI is InChI=1S/C19H15F2N3O4/c20-12-5-11-14(6-13(12)21)22-8-15(11)24-19(26)18(25)23-7-10-9-27-16-3-1-2-4-17(16)28-10/h1-6,8,10,22H,7,9H2,(H,23,25)(H,24,26). The van der Waals surface area contributed by atoms with E-state index in [9.17, 15) is 18.4 Å². The molecule has 0 spiro atoms. The van der Waals surface area contributed by atoms with Gasteiger partial charge in [-0.15, -0.1) is 0 Å². The Bertz CT molecular complexity index is 1070. The summed E-state index contributed by atoms with van der Waals surface area (Å²) in [4.78, 5) is 26.9. The van der Waals surface area contributed by atoms with Gasteiger partial charge >= 0.3 is 11.8 Å². The number of hydrogen-bond donors (Lipinski definition) is 3. The van der Waals surface area contributed by atoms with Crippen molar-refractivity contribution >= 4 is 28.4 Å². The Morgan fingerprint density at radius 3 is 2.68 bits per heavy atom. The second kappa shape index (κ2) is 7.18. The van der Waals surface area contributed by atoms with Crippen LogP contribution in [0.5, 0.6) is 11.5 Å². The molecule has 0 saturated carbocycles. The lowest BCUT2D eigenvalue weighted by molar-refractivity contribution is -0.136. The van der Waals surface area contributed by atoms with Crippen LogP contribution in [0.1, 0.15) is 0 Å². The van der Waals surface area contributed by atoms with E-state index in [0.717, 1.165) is 12.1 Å². The third-order valence-electron chi connectivity index (χ3n) is 4.23. The van der Waals surface area contributed by atoms with Crippen molar-refractivity contribution in [3.8, 4) is 11.5 Å². The van der Waals surface area contributed by atoms with Crippen LogP contribution in [0.15, 0.2) is 42.6 Å². The largest absolute Gasteiger partial charge is 0.486 e. The van der Waals surface area contributed by atoms with E-state index in [2.05, 4.69) is 15.6 Å². The lowest BCUT2D eigenvalue weighted by Gasteiger charge is -2.26. The highest BCUT2D eigenvalue weighted by molar-refractivity contribution is 6.40. The molecule has 0 saturated heterocycles. The first kappa shape index (κ1) is 17.8. The first-order valence-electron chi connectivity index (χ1n) is 8.45. The number of H-pyrrole nitrogens is 1. The number of carbonyl (C=O) groups is 2. The fraction of sp³-hybridized carbons (Fsp3) is 0.158. The van der Waals surface area contributed by atoms with Gasteiger partial charge < -0.3 is 25.1 Å². The van der Waals surface area contributed by atoms with Gasteiger partial charge in [-0.3, -0.25) is 9.59 Å². The molecule has 2 amide bonds. The number of halogens is 2. The van der Waals surface area contributed by atoms with Gasteiger partial charge in [0.05, 0.1) is 17.7 Å². The molecule has 1 atom stereocenters. The molecule has 28 heavy (non-hydrogen) atoms. The number of nitrogens with one attached hydrogen (secondary N) is 3. The number of para-hydroxylation sites is 2. The number of carbonyl (C=O) groups excluding carboxylic acids is 2. The Labute approximate surface area is 157 Å². The fourth-order valence-corrected chi connectivity index (χ4v) is 2.85. The van der Waals surface area contributed by atoms with Gasteiger partial charge in [0.2, 0.25) is 0 Å². The van der Waals surface area contributed by atoms with E-state index in [0.29, 0.717) is 17.0 Å². The lowest BCUT2D eigenvalue weighted by Crippen LogP contribution is -2.44. The van der Waals surface area contributed by atoms with Gasteiger partial charge in [0.1, 0.15) is 12.7 Å². The van der Waals surface area contributed by atoms with Crippen molar-refractivity contribution in [2.45, 2.75) is 6.10 Å². The van der Waals surface area contributed by atoms with E-state index >= 15 is 0 Å². The summed E-state index contributed by atoms with van der Waals surface area (Å²) in [5, 5.41) is 5.09. The lowest BCUT2D eigenvalue weighted by atomic mass is 10.2. The number of amides is 2. The zero-order valence-electron chi connectivity index (χ0n) is 14.4.